The third kappa shape index (κ3) is 6.04. The Balaban J connectivity index is 0.00000351. The maximum Gasteiger partial charge on any atom is -0.000884 e. The topological polar surface area (TPSA) is 0 Å². The molecule has 0 fully saturated rings. The van der Waals surface area contributed by atoms with E-state index in [-0.39, 0.29) is 13.5 Å². The van der Waals surface area contributed by atoms with E-state index in [4.69, 9.17) is 0 Å². The molecule has 0 heterocycles. The van der Waals surface area contributed by atoms with Crippen molar-refractivity contribution in [2.24, 2.45) is 0 Å². The Morgan fingerprint density at radius 1 is 0.255 bits per heavy atom. The minimum Gasteiger partial charge on any atom is -0.197 e. The molecule has 8 aromatic rings. The molecule has 0 saturated carbocycles. The van der Waals surface area contributed by atoms with Crippen LogP contribution in [0.3, 0.4) is 0 Å². The smallest absolute Gasteiger partial charge is 0.000884 e. The van der Waals surface area contributed by atoms with Crippen molar-refractivity contribution in [2.45, 2.75) is 0 Å². The highest BCUT2D eigenvalue weighted by Gasteiger charge is 2.27. The average molecular weight is 657 g/mol. The van der Waals surface area contributed by atoms with Crippen LogP contribution in [0.1, 0.15) is 0 Å². The van der Waals surface area contributed by atoms with Crippen LogP contribution in [0.4, 0.5) is 0 Å². The zero-order valence-electron chi connectivity index (χ0n) is 25.9. The number of benzene rings is 8. The van der Waals surface area contributed by atoms with Gasteiger partial charge < -0.3 is 0 Å². The van der Waals surface area contributed by atoms with Gasteiger partial charge in [-0.05, 0) is 80.3 Å². The second-order valence-corrected chi connectivity index (χ2v) is 15.7. The van der Waals surface area contributed by atoms with E-state index in [0.717, 1.165) is 0 Å². The first-order valence-corrected chi connectivity index (χ1v) is 18.4. The molecule has 8 aromatic carbocycles. The van der Waals surface area contributed by atoms with Crippen molar-refractivity contribution < 1.29 is 0 Å². The first-order valence-electron chi connectivity index (χ1n) is 15.7. The molecular weight excluding hydrogens is 622 g/mol. The fraction of sp³-hybridized carbons (Fsp3) is 0. The van der Waals surface area contributed by atoms with Gasteiger partial charge in [-0.2, -0.15) is 13.5 Å². The Bertz CT molecular complexity index is 2010. The summed E-state index contributed by atoms with van der Waals surface area (Å²) < 4.78 is 0. The number of hydrogen-bond donors (Lipinski definition) is 0. The maximum absolute atomic E-state index is 2.42. The van der Waals surface area contributed by atoms with E-state index in [1.165, 1.54) is 64.5 Å². The lowest BCUT2D eigenvalue weighted by atomic mass is 9.93. The molecule has 3 heteroatoms. The van der Waals surface area contributed by atoms with Crippen LogP contribution in [0.15, 0.2) is 194 Å². The molecule has 0 bridgehead atoms. The lowest BCUT2D eigenvalue weighted by Gasteiger charge is -2.28. The molecule has 0 atom stereocenters. The molecule has 8 rings (SSSR count). The van der Waals surface area contributed by atoms with Crippen molar-refractivity contribution in [3.8, 4) is 11.1 Å². The van der Waals surface area contributed by atoms with Gasteiger partial charge in [0.1, 0.15) is 0 Å². The summed E-state index contributed by atoms with van der Waals surface area (Å²) in [6, 6.07) is 71.8. The first kappa shape index (κ1) is 31.1. The Hall–Kier alpha value is -4.51. The highest BCUT2D eigenvalue weighted by molar-refractivity contribution is 7.80. The van der Waals surface area contributed by atoms with Crippen LogP contribution in [0, 0.1) is 0 Å². The molecule has 0 nitrogen and oxygen atoms in total. The SMILES string of the molecule is S.c1ccc(P(c2ccccc2)c2ccc3ccccc3c2-c2c(P(c3ccccc3)c3ccccc3)ccc3ccccc23)cc1. The fourth-order valence-electron chi connectivity index (χ4n) is 6.58. The number of rotatable bonds is 7. The molecule has 47 heavy (non-hydrogen) atoms. The second-order valence-electron chi connectivity index (χ2n) is 11.4. The van der Waals surface area contributed by atoms with Crippen molar-refractivity contribution in [2.75, 3.05) is 0 Å². The van der Waals surface area contributed by atoms with Crippen molar-refractivity contribution >= 4 is 82.7 Å². The average Bonchev–Trinajstić information content (AvgIpc) is 3.14. The highest BCUT2D eigenvalue weighted by Crippen LogP contribution is 2.45. The van der Waals surface area contributed by atoms with E-state index >= 15 is 0 Å². The molecule has 0 radical (unpaired) electrons. The van der Waals surface area contributed by atoms with Gasteiger partial charge in [-0.25, -0.2) is 0 Å². The molecule has 0 saturated heterocycles. The summed E-state index contributed by atoms with van der Waals surface area (Å²) in [6.07, 6.45) is 0. The van der Waals surface area contributed by atoms with Crippen molar-refractivity contribution in [3.05, 3.63) is 194 Å². The normalized spacial score (nSPS) is 11.2. The number of fused-ring (bicyclic) bond motifs is 2. The Morgan fingerprint density at radius 2 is 0.532 bits per heavy atom. The van der Waals surface area contributed by atoms with E-state index in [9.17, 15) is 0 Å². The fourth-order valence-corrected chi connectivity index (χ4v) is 11.5. The summed E-state index contributed by atoms with van der Waals surface area (Å²) in [5.41, 5.74) is 2.70. The molecule has 226 valence electrons. The largest absolute Gasteiger partial charge is 0.197 e. The quantitative estimate of drug-likeness (QED) is 0.150. The third-order valence-electron chi connectivity index (χ3n) is 8.60. The molecule has 0 aliphatic rings. The molecule has 0 spiro atoms. The number of hydrogen-bond acceptors (Lipinski definition) is 0. The van der Waals surface area contributed by atoms with Gasteiger partial charge >= 0.3 is 0 Å². The molecule has 0 aromatic heterocycles. The Labute approximate surface area is 286 Å². The summed E-state index contributed by atoms with van der Waals surface area (Å²) in [7, 11) is -1.70. The Morgan fingerprint density at radius 3 is 0.851 bits per heavy atom. The van der Waals surface area contributed by atoms with Gasteiger partial charge in [-0.15, -0.1) is 0 Å². The van der Waals surface area contributed by atoms with Crippen LogP contribution < -0.4 is 31.8 Å². The summed E-state index contributed by atoms with van der Waals surface area (Å²) in [6.45, 7) is 0. The van der Waals surface area contributed by atoms with Gasteiger partial charge in [0, 0.05) is 0 Å². The zero-order valence-corrected chi connectivity index (χ0v) is 28.7. The maximum atomic E-state index is 2.42. The van der Waals surface area contributed by atoms with Crippen LogP contribution in [-0.2, 0) is 0 Å². The van der Waals surface area contributed by atoms with Crippen molar-refractivity contribution in [1.29, 1.82) is 0 Å². The van der Waals surface area contributed by atoms with E-state index < -0.39 is 15.8 Å². The third-order valence-corrected chi connectivity index (χ3v) is 13.6. The first-order chi connectivity index (χ1) is 22.9. The van der Waals surface area contributed by atoms with Crippen molar-refractivity contribution in [1.82, 2.24) is 0 Å². The van der Waals surface area contributed by atoms with Crippen LogP contribution in [0.25, 0.3) is 32.7 Å². The summed E-state index contributed by atoms with van der Waals surface area (Å²) in [5, 5.41) is 13.3. The van der Waals surface area contributed by atoms with Gasteiger partial charge in [0.2, 0.25) is 0 Å². The van der Waals surface area contributed by atoms with Crippen LogP contribution in [0.2, 0.25) is 0 Å². The highest BCUT2D eigenvalue weighted by atomic mass is 32.1. The summed E-state index contributed by atoms with van der Waals surface area (Å²) in [5.74, 6) is 0. The summed E-state index contributed by atoms with van der Waals surface area (Å²) >= 11 is 0. The minimum absolute atomic E-state index is 0. The lowest BCUT2D eigenvalue weighted by Crippen LogP contribution is -2.26. The standard InChI is InChI=1S/C44H32P2.H2S/c1-5-19-35(20-6-1)45(36-21-7-2-8-22-36)41-31-29-33-17-13-15-27-39(33)43(41)44-40-28-16-14-18-34(40)30-32-42(44)46(37-23-9-3-10-24-37)38-25-11-4-12-26-38;/h1-32H;1H2. The van der Waals surface area contributed by atoms with Gasteiger partial charge in [0.15, 0.2) is 0 Å². The van der Waals surface area contributed by atoms with Crippen LogP contribution >= 0.6 is 29.3 Å². The van der Waals surface area contributed by atoms with E-state index in [2.05, 4.69) is 194 Å². The lowest BCUT2D eigenvalue weighted by molar-refractivity contribution is 1.72. The summed E-state index contributed by atoms with van der Waals surface area (Å²) in [4.78, 5) is 0. The van der Waals surface area contributed by atoms with E-state index in [0.29, 0.717) is 0 Å². The van der Waals surface area contributed by atoms with Gasteiger partial charge in [0.25, 0.3) is 0 Å². The molecule has 0 aliphatic carbocycles. The van der Waals surface area contributed by atoms with Crippen molar-refractivity contribution in [3.63, 3.8) is 0 Å². The van der Waals surface area contributed by atoms with Crippen LogP contribution in [0.5, 0.6) is 0 Å². The Kier molecular flexibility index (Phi) is 9.32. The molecule has 0 N–H and O–H groups in total. The van der Waals surface area contributed by atoms with E-state index in [1.54, 1.807) is 0 Å². The molecular formula is C44H34P2S. The van der Waals surface area contributed by atoms with Gasteiger partial charge in [0.05, 0.1) is 0 Å². The molecule has 0 aliphatic heterocycles. The molecule has 0 amide bonds. The predicted molar refractivity (Wildman–Crippen MR) is 215 cm³/mol. The van der Waals surface area contributed by atoms with Gasteiger partial charge in [-0.3, -0.25) is 0 Å². The second kappa shape index (κ2) is 14.1. The van der Waals surface area contributed by atoms with Gasteiger partial charge in [-0.1, -0.05) is 194 Å². The monoisotopic (exact) mass is 656 g/mol. The van der Waals surface area contributed by atoms with E-state index in [1.807, 2.05) is 0 Å². The zero-order chi connectivity index (χ0) is 30.7. The predicted octanol–water partition coefficient (Wildman–Crippen LogP) is 9.29. The van der Waals surface area contributed by atoms with Crippen LogP contribution in [-0.4, -0.2) is 0 Å². The molecule has 0 unspecified atom stereocenters. The minimum atomic E-state index is -0.852.